The molecular weight excluding hydrogens is 224 g/mol. The van der Waals surface area contributed by atoms with E-state index in [4.69, 9.17) is 0 Å². The van der Waals surface area contributed by atoms with E-state index in [1.807, 2.05) is 0 Å². The lowest BCUT2D eigenvalue weighted by Gasteiger charge is -2.36. The first-order valence-electron chi connectivity index (χ1n) is 7.82. The molecule has 0 aromatic carbocycles. The molecule has 0 radical (unpaired) electrons. The highest BCUT2D eigenvalue weighted by molar-refractivity contribution is 5.80. The highest BCUT2D eigenvalue weighted by Gasteiger charge is 2.47. The Morgan fingerprint density at radius 3 is 2.33 bits per heavy atom. The van der Waals surface area contributed by atoms with Crippen LogP contribution < -0.4 is 5.32 Å². The Balaban J connectivity index is 1.66. The summed E-state index contributed by atoms with van der Waals surface area (Å²) in [6.45, 7) is 5.16. The molecular formula is C15H26N2O. The number of hydrogen-bond acceptors (Lipinski definition) is 2. The summed E-state index contributed by atoms with van der Waals surface area (Å²) in [5.41, 5.74) is 0. The van der Waals surface area contributed by atoms with E-state index in [0.717, 1.165) is 31.5 Å². The molecule has 3 fully saturated rings. The Labute approximate surface area is 110 Å². The Bertz CT molecular complexity index is 292. The van der Waals surface area contributed by atoms with Gasteiger partial charge in [0.1, 0.15) is 0 Å². The smallest absolute Gasteiger partial charge is 0.226 e. The van der Waals surface area contributed by atoms with Crippen molar-refractivity contribution in [3.8, 4) is 0 Å². The topological polar surface area (TPSA) is 32.3 Å². The van der Waals surface area contributed by atoms with Gasteiger partial charge in [-0.15, -0.1) is 0 Å². The number of carbonyl (C=O) groups excluding carboxylic acids is 1. The van der Waals surface area contributed by atoms with Crippen molar-refractivity contribution in [2.45, 2.75) is 51.5 Å². The van der Waals surface area contributed by atoms with Crippen LogP contribution in [0.15, 0.2) is 0 Å². The summed E-state index contributed by atoms with van der Waals surface area (Å²) in [6, 6.07) is 0.455. The zero-order valence-electron chi connectivity index (χ0n) is 11.5. The highest BCUT2D eigenvalue weighted by Crippen LogP contribution is 2.50. The van der Waals surface area contributed by atoms with E-state index >= 15 is 0 Å². The summed E-state index contributed by atoms with van der Waals surface area (Å²) >= 11 is 0. The minimum Gasteiger partial charge on any atom is -0.338 e. The van der Waals surface area contributed by atoms with E-state index in [9.17, 15) is 4.79 Å². The van der Waals surface area contributed by atoms with Gasteiger partial charge in [-0.25, -0.2) is 0 Å². The van der Waals surface area contributed by atoms with Crippen molar-refractivity contribution in [1.29, 1.82) is 0 Å². The van der Waals surface area contributed by atoms with Gasteiger partial charge in [-0.1, -0.05) is 0 Å². The monoisotopic (exact) mass is 250 g/mol. The van der Waals surface area contributed by atoms with Crippen LogP contribution >= 0.6 is 0 Å². The lowest BCUT2D eigenvalue weighted by Crippen LogP contribution is -2.51. The second-order valence-electron chi connectivity index (χ2n) is 6.33. The molecule has 3 nitrogen and oxygen atoms in total. The predicted octanol–water partition coefficient (Wildman–Crippen LogP) is 2.02. The van der Waals surface area contributed by atoms with Gasteiger partial charge in [0, 0.05) is 25.0 Å². The quantitative estimate of drug-likeness (QED) is 0.809. The molecule has 0 bridgehead atoms. The first-order valence-corrected chi connectivity index (χ1v) is 7.82. The molecule has 1 unspecified atom stereocenters. The van der Waals surface area contributed by atoms with E-state index in [1.54, 1.807) is 0 Å². The van der Waals surface area contributed by atoms with Crippen molar-refractivity contribution in [3.63, 3.8) is 0 Å². The van der Waals surface area contributed by atoms with Crippen molar-refractivity contribution >= 4 is 5.91 Å². The van der Waals surface area contributed by atoms with E-state index in [1.165, 1.54) is 38.5 Å². The molecule has 1 amide bonds. The summed E-state index contributed by atoms with van der Waals surface area (Å²) in [5, 5.41) is 3.44. The molecule has 1 N–H and O–H groups in total. The molecule has 18 heavy (non-hydrogen) atoms. The number of carbonyl (C=O) groups is 1. The van der Waals surface area contributed by atoms with Crippen molar-refractivity contribution in [3.05, 3.63) is 0 Å². The van der Waals surface area contributed by atoms with Gasteiger partial charge in [0.25, 0.3) is 0 Å². The molecule has 2 aliphatic carbocycles. The first kappa shape index (κ1) is 12.5. The second-order valence-corrected chi connectivity index (χ2v) is 6.33. The summed E-state index contributed by atoms with van der Waals surface area (Å²) in [6.07, 6.45) is 7.60. The van der Waals surface area contributed by atoms with Crippen LogP contribution in [0.3, 0.4) is 0 Å². The number of hydrogen-bond donors (Lipinski definition) is 1. The third kappa shape index (κ3) is 2.56. The van der Waals surface area contributed by atoms with Gasteiger partial charge in [-0.2, -0.15) is 0 Å². The molecule has 3 heteroatoms. The van der Waals surface area contributed by atoms with Crippen LogP contribution in [-0.4, -0.2) is 36.5 Å². The van der Waals surface area contributed by atoms with Gasteiger partial charge in [0.15, 0.2) is 0 Å². The summed E-state index contributed by atoms with van der Waals surface area (Å²) < 4.78 is 0. The molecule has 1 atom stereocenters. The Hall–Kier alpha value is -0.570. The molecule has 3 aliphatic rings. The van der Waals surface area contributed by atoms with Crippen LogP contribution in [0.5, 0.6) is 0 Å². The predicted molar refractivity (Wildman–Crippen MR) is 72.2 cm³/mol. The van der Waals surface area contributed by atoms with Crippen molar-refractivity contribution in [1.82, 2.24) is 10.2 Å². The van der Waals surface area contributed by atoms with Crippen LogP contribution in [-0.2, 0) is 4.79 Å². The lowest BCUT2D eigenvalue weighted by molar-refractivity contribution is -0.139. The van der Waals surface area contributed by atoms with Gasteiger partial charge >= 0.3 is 0 Å². The minimum atomic E-state index is 0.381. The molecule has 2 saturated carbocycles. The maximum absolute atomic E-state index is 12.8. The lowest BCUT2D eigenvalue weighted by atomic mass is 9.94. The van der Waals surface area contributed by atoms with Gasteiger partial charge in [0.05, 0.1) is 0 Å². The Morgan fingerprint density at radius 2 is 1.89 bits per heavy atom. The largest absolute Gasteiger partial charge is 0.338 e. The van der Waals surface area contributed by atoms with Crippen LogP contribution in [0.2, 0.25) is 0 Å². The SMILES string of the molecule is CCN(C(=O)C(C1CC1)C1CC1)C1CCCNC1. The zero-order valence-corrected chi connectivity index (χ0v) is 11.5. The number of amides is 1. The number of rotatable bonds is 5. The van der Waals surface area contributed by atoms with E-state index in [0.29, 0.717) is 17.9 Å². The van der Waals surface area contributed by atoms with Gasteiger partial charge in [0.2, 0.25) is 5.91 Å². The molecule has 1 heterocycles. The maximum Gasteiger partial charge on any atom is 0.226 e. The standard InChI is InChI=1S/C15H26N2O/c1-2-17(13-4-3-9-16-10-13)15(18)14(11-5-6-11)12-7-8-12/h11-14,16H,2-10H2,1H3. The van der Waals surface area contributed by atoms with E-state index < -0.39 is 0 Å². The second kappa shape index (κ2) is 5.20. The van der Waals surface area contributed by atoms with Crippen molar-refractivity contribution < 1.29 is 4.79 Å². The van der Waals surface area contributed by atoms with Crippen molar-refractivity contribution in [2.75, 3.05) is 19.6 Å². The molecule has 1 saturated heterocycles. The summed E-state index contributed by atoms with van der Waals surface area (Å²) in [5.74, 6) is 2.33. The number of piperidine rings is 1. The average Bonchev–Trinajstić information content (AvgIpc) is 3.26. The molecule has 0 aromatic rings. The van der Waals surface area contributed by atoms with E-state index in [-0.39, 0.29) is 0 Å². The van der Waals surface area contributed by atoms with Gasteiger partial charge in [-0.05, 0) is 63.8 Å². The number of nitrogens with zero attached hydrogens (tertiary/aromatic N) is 1. The zero-order chi connectivity index (χ0) is 12.5. The van der Waals surface area contributed by atoms with Crippen LogP contribution in [0.4, 0.5) is 0 Å². The van der Waals surface area contributed by atoms with Crippen LogP contribution in [0.25, 0.3) is 0 Å². The number of likely N-dealkylation sites (N-methyl/N-ethyl adjacent to an activating group) is 1. The Morgan fingerprint density at radius 1 is 1.22 bits per heavy atom. The molecule has 0 spiro atoms. The third-order valence-corrected chi connectivity index (χ3v) is 4.88. The van der Waals surface area contributed by atoms with Crippen LogP contribution in [0.1, 0.15) is 45.4 Å². The maximum atomic E-state index is 12.8. The fourth-order valence-corrected chi connectivity index (χ4v) is 3.58. The third-order valence-electron chi connectivity index (χ3n) is 4.88. The summed E-state index contributed by atoms with van der Waals surface area (Å²) in [7, 11) is 0. The molecule has 3 rings (SSSR count). The average molecular weight is 250 g/mol. The van der Waals surface area contributed by atoms with Crippen molar-refractivity contribution in [2.24, 2.45) is 17.8 Å². The molecule has 0 aromatic heterocycles. The highest BCUT2D eigenvalue weighted by atomic mass is 16.2. The molecule has 1 aliphatic heterocycles. The summed E-state index contributed by atoms with van der Waals surface area (Å²) in [4.78, 5) is 15.0. The number of nitrogens with one attached hydrogen (secondary N) is 1. The first-order chi connectivity index (χ1) is 8.81. The van der Waals surface area contributed by atoms with Gasteiger partial charge < -0.3 is 10.2 Å². The van der Waals surface area contributed by atoms with Gasteiger partial charge in [-0.3, -0.25) is 4.79 Å². The van der Waals surface area contributed by atoms with E-state index in [2.05, 4.69) is 17.1 Å². The van der Waals surface area contributed by atoms with Crippen LogP contribution in [0, 0.1) is 17.8 Å². The minimum absolute atomic E-state index is 0.381. The Kier molecular flexibility index (Phi) is 3.60. The fraction of sp³-hybridized carbons (Fsp3) is 0.933. The fourth-order valence-electron chi connectivity index (χ4n) is 3.58. The molecule has 102 valence electrons. The normalized spacial score (nSPS) is 28.4.